The zero-order valence-corrected chi connectivity index (χ0v) is 11.9. The second-order valence-corrected chi connectivity index (χ2v) is 4.65. The molecule has 2 rings (SSSR count). The maximum atomic E-state index is 14.5. The molecule has 1 heterocycles. The number of pyridine rings is 1. The van der Waals surface area contributed by atoms with E-state index < -0.39 is 52.2 Å². The molecule has 23 heavy (non-hydrogen) atoms. The number of aliphatic carboxylic acids is 1. The number of fused-ring (bicyclic) bond motifs is 1. The van der Waals surface area contributed by atoms with Crippen molar-refractivity contribution in [3.63, 3.8) is 0 Å². The maximum Gasteiger partial charge on any atom is 0.341 e. The molecule has 0 fully saturated rings. The Labute approximate surface area is 127 Å². The molecule has 0 unspecified atom stereocenters. The van der Waals surface area contributed by atoms with E-state index in [1.807, 2.05) is 0 Å². The number of aromatic carboxylic acids is 1. The molecular formula is C14H12F2N2O5. The van der Waals surface area contributed by atoms with Crippen molar-refractivity contribution in [2.75, 3.05) is 11.9 Å². The standard InChI is InChI=1S/C14H12F2N2O5/c1-2-18-5-7(14(22)23)13(21)6-3-8(15)11(10(16)12(6)18)17-4-9(19)20/h3,5,17H,2,4H2,1H3,(H,19,20)(H,22,23). The Balaban J connectivity index is 2.83. The number of carbonyl (C=O) groups is 2. The second-order valence-electron chi connectivity index (χ2n) is 4.65. The molecule has 0 bridgehead atoms. The number of carboxylic acid groups (broad SMARTS) is 2. The minimum absolute atomic E-state index is 0.123. The van der Waals surface area contributed by atoms with E-state index in [0.29, 0.717) is 6.07 Å². The number of aryl methyl sites for hydroxylation is 1. The normalized spacial score (nSPS) is 10.7. The SMILES string of the molecule is CCn1cc(C(=O)O)c(=O)c2cc(F)c(NCC(=O)O)c(F)c21. The summed E-state index contributed by atoms with van der Waals surface area (Å²) in [5.41, 5.74) is -2.61. The van der Waals surface area contributed by atoms with Crippen LogP contribution < -0.4 is 10.7 Å². The Hall–Kier alpha value is -2.97. The Morgan fingerprint density at radius 3 is 2.48 bits per heavy atom. The number of aromatic nitrogens is 1. The van der Waals surface area contributed by atoms with Crippen LogP contribution in [0.4, 0.5) is 14.5 Å². The largest absolute Gasteiger partial charge is 0.480 e. The lowest BCUT2D eigenvalue weighted by Gasteiger charge is -2.14. The minimum Gasteiger partial charge on any atom is -0.480 e. The molecule has 0 aliphatic rings. The van der Waals surface area contributed by atoms with Crippen molar-refractivity contribution in [1.82, 2.24) is 4.57 Å². The fraction of sp³-hybridized carbons (Fsp3) is 0.214. The summed E-state index contributed by atoms with van der Waals surface area (Å²) >= 11 is 0. The average Bonchev–Trinajstić information content (AvgIpc) is 2.47. The van der Waals surface area contributed by atoms with E-state index in [0.717, 1.165) is 10.8 Å². The van der Waals surface area contributed by atoms with Crippen LogP contribution in [0.3, 0.4) is 0 Å². The molecule has 9 heteroatoms. The van der Waals surface area contributed by atoms with Crippen LogP contribution in [0.15, 0.2) is 17.1 Å². The van der Waals surface area contributed by atoms with Gasteiger partial charge in [0.05, 0.1) is 10.9 Å². The molecular weight excluding hydrogens is 314 g/mol. The number of anilines is 1. The van der Waals surface area contributed by atoms with Gasteiger partial charge in [-0.2, -0.15) is 0 Å². The topological polar surface area (TPSA) is 109 Å². The van der Waals surface area contributed by atoms with Crippen molar-refractivity contribution in [3.05, 3.63) is 39.7 Å². The van der Waals surface area contributed by atoms with Crippen LogP contribution in [0.25, 0.3) is 10.9 Å². The quantitative estimate of drug-likeness (QED) is 0.768. The lowest BCUT2D eigenvalue weighted by Crippen LogP contribution is -2.21. The van der Waals surface area contributed by atoms with Crippen LogP contribution in [0.1, 0.15) is 17.3 Å². The summed E-state index contributed by atoms with van der Waals surface area (Å²) in [5.74, 6) is -5.17. The highest BCUT2D eigenvalue weighted by atomic mass is 19.1. The monoisotopic (exact) mass is 326 g/mol. The number of nitrogens with one attached hydrogen (secondary N) is 1. The van der Waals surface area contributed by atoms with Crippen LogP contribution in [0, 0.1) is 11.6 Å². The minimum atomic E-state index is -1.51. The molecule has 1 aromatic carbocycles. The molecule has 122 valence electrons. The summed E-state index contributed by atoms with van der Waals surface area (Å²) in [6.07, 6.45) is 0.967. The van der Waals surface area contributed by atoms with Crippen LogP contribution in [0.5, 0.6) is 0 Å². The highest BCUT2D eigenvalue weighted by Crippen LogP contribution is 2.27. The van der Waals surface area contributed by atoms with Gasteiger partial charge in [0.1, 0.15) is 23.6 Å². The highest BCUT2D eigenvalue weighted by Gasteiger charge is 2.21. The maximum absolute atomic E-state index is 14.5. The number of nitrogens with zero attached hydrogens (tertiary/aromatic N) is 1. The van der Waals surface area contributed by atoms with Gasteiger partial charge in [0.15, 0.2) is 5.82 Å². The first-order valence-corrected chi connectivity index (χ1v) is 6.52. The number of halogens is 2. The van der Waals surface area contributed by atoms with E-state index in [2.05, 4.69) is 5.32 Å². The van der Waals surface area contributed by atoms with Crippen LogP contribution in [0.2, 0.25) is 0 Å². The van der Waals surface area contributed by atoms with E-state index in [4.69, 9.17) is 10.2 Å². The molecule has 0 saturated carbocycles. The van der Waals surface area contributed by atoms with E-state index in [-0.39, 0.29) is 12.1 Å². The Kier molecular flexibility index (Phi) is 4.30. The van der Waals surface area contributed by atoms with Crippen molar-refractivity contribution in [2.45, 2.75) is 13.5 Å². The summed E-state index contributed by atoms with van der Waals surface area (Å²) in [7, 11) is 0. The molecule has 0 aliphatic carbocycles. The highest BCUT2D eigenvalue weighted by molar-refractivity contribution is 5.94. The molecule has 0 amide bonds. The third kappa shape index (κ3) is 2.85. The first-order valence-electron chi connectivity index (χ1n) is 6.52. The Morgan fingerprint density at radius 1 is 1.30 bits per heavy atom. The van der Waals surface area contributed by atoms with Gasteiger partial charge in [0, 0.05) is 12.7 Å². The van der Waals surface area contributed by atoms with E-state index in [1.54, 1.807) is 6.92 Å². The summed E-state index contributed by atoms with van der Waals surface area (Å²) in [4.78, 5) is 33.7. The lowest BCUT2D eigenvalue weighted by molar-refractivity contribution is -0.134. The summed E-state index contributed by atoms with van der Waals surface area (Å²) in [5, 5.41) is 19.3. The van der Waals surface area contributed by atoms with Gasteiger partial charge in [0.25, 0.3) is 0 Å². The van der Waals surface area contributed by atoms with Crippen molar-refractivity contribution in [2.24, 2.45) is 0 Å². The molecule has 3 N–H and O–H groups in total. The van der Waals surface area contributed by atoms with E-state index >= 15 is 0 Å². The van der Waals surface area contributed by atoms with Crippen molar-refractivity contribution >= 4 is 28.5 Å². The molecule has 2 aromatic rings. The number of carboxylic acids is 2. The number of hydrogen-bond donors (Lipinski definition) is 3. The fourth-order valence-electron chi connectivity index (χ4n) is 2.21. The smallest absolute Gasteiger partial charge is 0.341 e. The van der Waals surface area contributed by atoms with Crippen molar-refractivity contribution < 1.29 is 28.6 Å². The van der Waals surface area contributed by atoms with Gasteiger partial charge in [-0.3, -0.25) is 9.59 Å². The van der Waals surface area contributed by atoms with Crippen LogP contribution in [-0.2, 0) is 11.3 Å². The molecule has 1 aromatic heterocycles. The lowest BCUT2D eigenvalue weighted by atomic mass is 10.1. The Morgan fingerprint density at radius 2 is 1.96 bits per heavy atom. The zero-order chi connectivity index (χ0) is 17.3. The van der Waals surface area contributed by atoms with Crippen molar-refractivity contribution in [3.8, 4) is 0 Å². The van der Waals surface area contributed by atoms with E-state index in [1.165, 1.54) is 0 Å². The first-order chi connectivity index (χ1) is 10.8. The van der Waals surface area contributed by atoms with E-state index in [9.17, 15) is 23.2 Å². The van der Waals surface area contributed by atoms with Gasteiger partial charge in [-0.1, -0.05) is 0 Å². The summed E-state index contributed by atoms with van der Waals surface area (Å²) in [6.45, 7) is 0.990. The van der Waals surface area contributed by atoms with Gasteiger partial charge in [-0.15, -0.1) is 0 Å². The van der Waals surface area contributed by atoms with Gasteiger partial charge >= 0.3 is 11.9 Å². The third-order valence-electron chi connectivity index (χ3n) is 3.24. The second kappa shape index (κ2) is 6.03. The summed E-state index contributed by atoms with van der Waals surface area (Å²) < 4.78 is 29.7. The summed E-state index contributed by atoms with van der Waals surface area (Å²) in [6, 6.07) is 0.698. The Bertz CT molecular complexity index is 876. The predicted molar refractivity (Wildman–Crippen MR) is 76.9 cm³/mol. The number of rotatable bonds is 5. The average molecular weight is 326 g/mol. The molecule has 0 spiro atoms. The molecule has 0 aliphatic heterocycles. The number of benzene rings is 1. The first kappa shape index (κ1) is 16.4. The third-order valence-corrected chi connectivity index (χ3v) is 3.24. The van der Waals surface area contributed by atoms with Crippen LogP contribution >= 0.6 is 0 Å². The fourth-order valence-corrected chi connectivity index (χ4v) is 2.21. The van der Waals surface area contributed by atoms with Gasteiger partial charge in [0.2, 0.25) is 5.43 Å². The molecule has 7 nitrogen and oxygen atoms in total. The van der Waals surface area contributed by atoms with Gasteiger partial charge in [-0.05, 0) is 13.0 Å². The van der Waals surface area contributed by atoms with Gasteiger partial charge in [-0.25, -0.2) is 13.6 Å². The molecule has 0 saturated heterocycles. The van der Waals surface area contributed by atoms with Crippen molar-refractivity contribution in [1.29, 1.82) is 0 Å². The molecule has 0 radical (unpaired) electrons. The predicted octanol–water partition coefficient (Wildman–Crippen LogP) is 1.49. The molecule has 0 atom stereocenters. The number of hydrogen-bond acceptors (Lipinski definition) is 4. The van der Waals surface area contributed by atoms with Crippen LogP contribution in [-0.4, -0.2) is 33.3 Å². The van der Waals surface area contributed by atoms with Gasteiger partial charge < -0.3 is 20.1 Å². The zero-order valence-electron chi connectivity index (χ0n) is 11.9.